The number of aromatic nitrogens is 2. The van der Waals surface area contributed by atoms with E-state index in [1.165, 1.54) is 16.1 Å². The van der Waals surface area contributed by atoms with Crippen LogP contribution in [0.1, 0.15) is 50.4 Å². The third-order valence-electron chi connectivity index (χ3n) is 5.86. The standard InChI is InChI=1S/C24H31N5O2S/c1-5-8-20-9-6-7-10-22(20)29(25-2)24-17-18-26-23(27-24)16-13-19-11-14-21(15-12-19)28(3)32(4,30)31/h6-7,9-10,17-19,21H,2,5,8,11-12,14-15H2,1,3-4H3. The van der Waals surface area contributed by atoms with Gasteiger partial charge in [0.2, 0.25) is 15.8 Å². The minimum absolute atomic E-state index is 0.0537. The quantitative estimate of drug-likeness (QED) is 0.360. The molecule has 1 fully saturated rings. The lowest BCUT2D eigenvalue weighted by Gasteiger charge is -2.31. The van der Waals surface area contributed by atoms with Crippen molar-refractivity contribution in [3.63, 3.8) is 0 Å². The zero-order valence-electron chi connectivity index (χ0n) is 19.0. The van der Waals surface area contributed by atoms with E-state index in [9.17, 15) is 8.42 Å². The molecule has 0 spiro atoms. The Morgan fingerprint density at radius 1 is 1.19 bits per heavy atom. The van der Waals surface area contributed by atoms with Crippen molar-refractivity contribution >= 4 is 28.2 Å². The summed E-state index contributed by atoms with van der Waals surface area (Å²) < 4.78 is 25.0. The fourth-order valence-corrected chi connectivity index (χ4v) is 4.77. The first-order chi connectivity index (χ1) is 15.3. The molecule has 0 unspecified atom stereocenters. The van der Waals surface area contributed by atoms with E-state index >= 15 is 0 Å². The van der Waals surface area contributed by atoms with Crippen LogP contribution in [0, 0.1) is 17.8 Å². The van der Waals surface area contributed by atoms with Crippen molar-refractivity contribution in [1.82, 2.24) is 14.3 Å². The predicted molar refractivity (Wildman–Crippen MR) is 129 cm³/mol. The fourth-order valence-electron chi connectivity index (χ4n) is 4.02. The molecular formula is C24H31N5O2S. The number of benzene rings is 1. The highest BCUT2D eigenvalue weighted by Gasteiger charge is 2.27. The zero-order chi connectivity index (χ0) is 23.1. The summed E-state index contributed by atoms with van der Waals surface area (Å²) >= 11 is 0. The molecule has 8 heteroatoms. The van der Waals surface area contributed by atoms with E-state index in [4.69, 9.17) is 0 Å². The summed E-state index contributed by atoms with van der Waals surface area (Å²) in [5.41, 5.74) is 2.14. The predicted octanol–water partition coefficient (Wildman–Crippen LogP) is 3.98. The Kier molecular flexibility index (Phi) is 7.99. The summed E-state index contributed by atoms with van der Waals surface area (Å²) in [5.74, 6) is 7.67. The SMILES string of the molecule is C=NN(c1ccnc(C#CC2CCC(N(C)S(C)(=O)=O)CC2)n1)c1ccccc1CCC. The van der Waals surface area contributed by atoms with Crippen molar-refractivity contribution in [2.24, 2.45) is 11.0 Å². The second-order valence-corrected chi connectivity index (χ2v) is 10.2. The first-order valence-corrected chi connectivity index (χ1v) is 12.8. The van der Waals surface area contributed by atoms with Crippen molar-refractivity contribution < 1.29 is 8.42 Å². The molecule has 0 radical (unpaired) electrons. The van der Waals surface area contributed by atoms with Crippen molar-refractivity contribution in [3.8, 4) is 11.8 Å². The molecule has 3 rings (SSSR count). The maximum absolute atomic E-state index is 11.8. The molecule has 1 aromatic heterocycles. The number of hydrazone groups is 1. The Morgan fingerprint density at radius 3 is 2.56 bits per heavy atom. The maximum Gasteiger partial charge on any atom is 0.211 e. The number of sulfonamides is 1. The van der Waals surface area contributed by atoms with Crippen LogP contribution in [0.15, 0.2) is 41.6 Å². The van der Waals surface area contributed by atoms with Crippen molar-refractivity contribution in [2.75, 3.05) is 18.3 Å². The number of hydrogen-bond donors (Lipinski definition) is 0. The van der Waals surface area contributed by atoms with Crippen LogP contribution in [0.3, 0.4) is 0 Å². The highest BCUT2D eigenvalue weighted by atomic mass is 32.2. The first-order valence-electron chi connectivity index (χ1n) is 11.0. The van der Waals surface area contributed by atoms with E-state index in [0.717, 1.165) is 44.2 Å². The van der Waals surface area contributed by atoms with E-state index in [1.54, 1.807) is 24.3 Å². The Bertz CT molecular complexity index is 1100. The van der Waals surface area contributed by atoms with Crippen molar-refractivity contribution in [2.45, 2.75) is 51.5 Å². The lowest BCUT2D eigenvalue weighted by molar-refractivity contribution is 0.263. The van der Waals surface area contributed by atoms with Gasteiger partial charge in [-0.05, 0) is 49.7 Å². The van der Waals surface area contributed by atoms with Crippen LogP contribution in [0.25, 0.3) is 0 Å². The van der Waals surface area contributed by atoms with Crippen LogP contribution in [0.4, 0.5) is 11.5 Å². The number of anilines is 2. The summed E-state index contributed by atoms with van der Waals surface area (Å²) in [5, 5.41) is 5.92. The Hall–Kier alpha value is -2.76. The fraction of sp³-hybridized carbons (Fsp3) is 0.458. The van der Waals surface area contributed by atoms with Gasteiger partial charge in [0.05, 0.1) is 11.9 Å². The molecule has 0 bridgehead atoms. The average Bonchev–Trinajstić information content (AvgIpc) is 2.79. The van der Waals surface area contributed by atoms with Crippen LogP contribution in [0.2, 0.25) is 0 Å². The van der Waals surface area contributed by atoms with Gasteiger partial charge in [-0.3, -0.25) is 0 Å². The van der Waals surface area contributed by atoms with Gasteiger partial charge in [0.1, 0.15) is 0 Å². The number of hydrogen-bond acceptors (Lipinski definition) is 6. The summed E-state index contributed by atoms with van der Waals surface area (Å²) in [6.07, 6.45) is 8.26. The van der Waals surface area contributed by atoms with Gasteiger partial charge < -0.3 is 0 Å². The van der Waals surface area contributed by atoms with E-state index in [0.29, 0.717) is 11.6 Å². The molecule has 0 amide bonds. The third kappa shape index (κ3) is 5.93. The minimum Gasteiger partial charge on any atom is -0.229 e. The van der Waals surface area contributed by atoms with Crippen LogP contribution < -0.4 is 5.01 Å². The van der Waals surface area contributed by atoms with E-state index in [1.807, 2.05) is 18.2 Å². The molecule has 1 aliphatic rings. The molecule has 0 N–H and O–H groups in total. The largest absolute Gasteiger partial charge is 0.229 e. The summed E-state index contributed by atoms with van der Waals surface area (Å²) in [6.45, 7) is 5.88. The molecule has 32 heavy (non-hydrogen) atoms. The molecule has 0 atom stereocenters. The summed E-state index contributed by atoms with van der Waals surface area (Å²) in [4.78, 5) is 8.91. The van der Waals surface area contributed by atoms with Gasteiger partial charge in [-0.25, -0.2) is 27.7 Å². The van der Waals surface area contributed by atoms with Gasteiger partial charge in [0.15, 0.2) is 5.82 Å². The van der Waals surface area contributed by atoms with Crippen LogP contribution in [-0.4, -0.2) is 48.8 Å². The number of rotatable bonds is 7. The van der Waals surface area contributed by atoms with E-state index in [-0.39, 0.29) is 12.0 Å². The smallest absolute Gasteiger partial charge is 0.211 e. The third-order valence-corrected chi connectivity index (χ3v) is 7.20. The van der Waals surface area contributed by atoms with Gasteiger partial charge in [0.25, 0.3) is 0 Å². The molecule has 1 aromatic carbocycles. The lowest BCUT2D eigenvalue weighted by atomic mass is 9.86. The second-order valence-electron chi connectivity index (χ2n) is 8.12. The van der Waals surface area contributed by atoms with Crippen molar-refractivity contribution in [1.29, 1.82) is 0 Å². The van der Waals surface area contributed by atoms with Gasteiger partial charge >= 0.3 is 0 Å². The summed E-state index contributed by atoms with van der Waals surface area (Å²) in [7, 11) is -1.51. The van der Waals surface area contributed by atoms with E-state index in [2.05, 4.69) is 46.6 Å². The highest BCUT2D eigenvalue weighted by molar-refractivity contribution is 7.88. The zero-order valence-corrected chi connectivity index (χ0v) is 19.8. The highest BCUT2D eigenvalue weighted by Crippen LogP contribution is 2.29. The summed E-state index contributed by atoms with van der Waals surface area (Å²) in [6, 6.07) is 9.96. The molecule has 170 valence electrons. The Labute approximate surface area is 191 Å². The molecule has 1 saturated carbocycles. The van der Waals surface area contributed by atoms with Gasteiger partial charge in [0, 0.05) is 38.0 Å². The number of aryl methyl sites for hydroxylation is 1. The second kappa shape index (κ2) is 10.7. The maximum atomic E-state index is 11.8. The average molecular weight is 454 g/mol. The molecule has 2 aromatic rings. The number of para-hydroxylation sites is 1. The molecule has 7 nitrogen and oxygen atoms in total. The topological polar surface area (TPSA) is 78.8 Å². The Morgan fingerprint density at radius 2 is 1.91 bits per heavy atom. The van der Waals surface area contributed by atoms with Crippen LogP contribution >= 0.6 is 0 Å². The first kappa shape index (κ1) is 23.9. The van der Waals surface area contributed by atoms with Crippen LogP contribution in [-0.2, 0) is 16.4 Å². The molecule has 1 heterocycles. The van der Waals surface area contributed by atoms with Crippen molar-refractivity contribution in [3.05, 3.63) is 47.9 Å². The number of nitrogens with zero attached hydrogens (tertiary/aromatic N) is 5. The molecule has 0 aliphatic heterocycles. The van der Waals surface area contributed by atoms with Gasteiger partial charge in [-0.15, -0.1) is 0 Å². The van der Waals surface area contributed by atoms with E-state index < -0.39 is 10.0 Å². The molecule has 1 aliphatic carbocycles. The lowest BCUT2D eigenvalue weighted by Crippen LogP contribution is -2.38. The normalized spacial score (nSPS) is 18.6. The minimum atomic E-state index is -3.16. The molecular weight excluding hydrogens is 422 g/mol. The Balaban J connectivity index is 1.73. The monoisotopic (exact) mass is 453 g/mol. The van der Waals surface area contributed by atoms with Gasteiger partial charge in [-0.1, -0.05) is 37.5 Å². The molecule has 0 saturated heterocycles. The van der Waals surface area contributed by atoms with Gasteiger partial charge in [-0.2, -0.15) is 5.10 Å². The van der Waals surface area contributed by atoms with Crippen LogP contribution in [0.5, 0.6) is 0 Å².